The molecule has 45 valence electrons. The van der Waals surface area contributed by atoms with Gasteiger partial charge in [-0.2, -0.15) is 0 Å². The van der Waals surface area contributed by atoms with E-state index >= 15 is 0 Å². The highest BCUT2D eigenvalue weighted by atomic mass is 16.2. The smallest absolute Gasteiger partial charge is 0.241 e. The first kappa shape index (κ1) is 5.56. The van der Waals surface area contributed by atoms with Gasteiger partial charge in [0.1, 0.15) is 6.54 Å². The molecule has 8 heavy (non-hydrogen) atoms. The number of carbonyl (C=O) groups is 1. The zero-order valence-electron chi connectivity index (χ0n) is 4.85. The van der Waals surface area contributed by atoms with Crippen LogP contribution in [0.2, 0.25) is 0 Å². The van der Waals surface area contributed by atoms with Crippen LogP contribution in [0.15, 0.2) is 0 Å². The molecule has 0 aromatic heterocycles. The Morgan fingerprint density at radius 2 is 2.62 bits per heavy atom. The minimum atomic E-state index is 0.0660. The lowest BCUT2D eigenvalue weighted by Crippen LogP contribution is -2.42. The molecule has 3 heteroatoms. The van der Waals surface area contributed by atoms with Gasteiger partial charge in [-0.3, -0.25) is 4.79 Å². The van der Waals surface area contributed by atoms with Crippen molar-refractivity contribution in [3.05, 3.63) is 6.54 Å². The van der Waals surface area contributed by atoms with Crippen LogP contribution >= 0.6 is 0 Å². The largest absolute Gasteiger partial charge is 0.343 e. The number of nitrogens with one attached hydrogen (secondary N) is 1. The molecule has 1 aliphatic rings. The van der Waals surface area contributed by atoms with Crippen LogP contribution in [0.5, 0.6) is 0 Å². The molecule has 0 spiro atoms. The van der Waals surface area contributed by atoms with Crippen LogP contribution in [0.1, 0.15) is 0 Å². The van der Waals surface area contributed by atoms with Crippen molar-refractivity contribution < 1.29 is 4.79 Å². The summed E-state index contributed by atoms with van der Waals surface area (Å²) < 4.78 is 0. The monoisotopic (exact) mass is 113 g/mol. The highest BCUT2D eigenvalue weighted by Crippen LogP contribution is 1.90. The van der Waals surface area contributed by atoms with Gasteiger partial charge in [0.2, 0.25) is 5.91 Å². The van der Waals surface area contributed by atoms with Crippen LogP contribution in [-0.4, -0.2) is 30.9 Å². The Labute approximate surface area is 48.7 Å². The van der Waals surface area contributed by atoms with E-state index in [-0.39, 0.29) is 5.91 Å². The molecule has 0 aliphatic carbocycles. The third-order valence-corrected chi connectivity index (χ3v) is 1.19. The Hall–Kier alpha value is -0.570. The van der Waals surface area contributed by atoms with Gasteiger partial charge in [0.15, 0.2) is 0 Å². The molecule has 1 heterocycles. The number of hydrogen-bond acceptors (Lipinski definition) is 2. The maximum Gasteiger partial charge on any atom is 0.241 e. The van der Waals surface area contributed by atoms with Gasteiger partial charge in [0, 0.05) is 20.1 Å². The van der Waals surface area contributed by atoms with Crippen molar-refractivity contribution >= 4 is 5.91 Å². The van der Waals surface area contributed by atoms with Gasteiger partial charge in [0.25, 0.3) is 0 Å². The molecule has 1 fully saturated rings. The van der Waals surface area contributed by atoms with Gasteiger partial charge in [-0.25, -0.2) is 0 Å². The quantitative estimate of drug-likeness (QED) is 0.446. The fourth-order valence-electron chi connectivity index (χ4n) is 0.612. The van der Waals surface area contributed by atoms with E-state index in [2.05, 4.69) is 5.32 Å². The van der Waals surface area contributed by atoms with Crippen LogP contribution in [-0.2, 0) is 4.79 Å². The maximum absolute atomic E-state index is 10.6. The van der Waals surface area contributed by atoms with Crippen LogP contribution < -0.4 is 5.32 Å². The average Bonchev–Trinajstić information content (AvgIpc) is 1.77. The fourth-order valence-corrected chi connectivity index (χ4v) is 0.612. The Kier molecular flexibility index (Phi) is 1.48. The third kappa shape index (κ3) is 0.980. The predicted molar refractivity (Wildman–Crippen MR) is 29.9 cm³/mol. The first-order chi connectivity index (χ1) is 3.80. The summed E-state index contributed by atoms with van der Waals surface area (Å²) in [6, 6.07) is 0. The lowest BCUT2D eigenvalue weighted by atomic mass is 10.4. The number of rotatable bonds is 0. The lowest BCUT2D eigenvalue weighted by molar-refractivity contribution is -0.127. The molecule has 0 aromatic carbocycles. The van der Waals surface area contributed by atoms with Gasteiger partial charge < -0.3 is 10.2 Å². The minimum absolute atomic E-state index is 0.0660. The summed E-state index contributed by atoms with van der Waals surface area (Å²) in [6.07, 6.45) is 0. The molecule has 3 nitrogen and oxygen atoms in total. The number of piperazine rings is 1. The second-order valence-corrected chi connectivity index (χ2v) is 1.86. The van der Waals surface area contributed by atoms with E-state index in [0.717, 1.165) is 13.1 Å². The van der Waals surface area contributed by atoms with Crippen LogP contribution in [0.25, 0.3) is 0 Å². The van der Waals surface area contributed by atoms with Crippen molar-refractivity contribution in [3.63, 3.8) is 0 Å². The minimum Gasteiger partial charge on any atom is -0.343 e. The maximum atomic E-state index is 10.6. The first-order valence-corrected chi connectivity index (χ1v) is 2.62. The fraction of sp³-hybridized carbons (Fsp3) is 0.600. The first-order valence-electron chi connectivity index (χ1n) is 2.62. The van der Waals surface area contributed by atoms with Crippen molar-refractivity contribution in [3.8, 4) is 0 Å². The standard InChI is InChI=1S/C5H9N2O/c1-7-3-2-6-4-5(7)8/h4,6H,2-3H2,1H3. The Morgan fingerprint density at radius 1 is 1.88 bits per heavy atom. The Balaban J connectivity index is 2.39. The molecule has 1 amide bonds. The summed E-state index contributed by atoms with van der Waals surface area (Å²) in [5.41, 5.74) is 0. The van der Waals surface area contributed by atoms with E-state index in [1.54, 1.807) is 11.9 Å². The molecule has 0 unspecified atom stereocenters. The molecule has 0 bridgehead atoms. The van der Waals surface area contributed by atoms with E-state index in [0.29, 0.717) is 0 Å². The third-order valence-electron chi connectivity index (χ3n) is 1.19. The lowest BCUT2D eigenvalue weighted by Gasteiger charge is -2.21. The number of likely N-dealkylation sites (N-methyl/N-ethyl adjacent to an activating group) is 1. The number of hydrogen-bond donors (Lipinski definition) is 1. The van der Waals surface area contributed by atoms with Crippen molar-refractivity contribution in [2.45, 2.75) is 0 Å². The van der Waals surface area contributed by atoms with Gasteiger partial charge in [0.05, 0.1) is 0 Å². The normalized spacial score (nSPS) is 21.6. The van der Waals surface area contributed by atoms with Gasteiger partial charge in [-0.1, -0.05) is 0 Å². The summed E-state index contributed by atoms with van der Waals surface area (Å²) in [5.74, 6) is 0.0660. The van der Waals surface area contributed by atoms with E-state index < -0.39 is 0 Å². The Bertz CT molecular complexity index is 103. The zero-order chi connectivity index (χ0) is 5.98. The van der Waals surface area contributed by atoms with Crippen molar-refractivity contribution in [2.24, 2.45) is 0 Å². The summed E-state index contributed by atoms with van der Waals surface area (Å²) in [4.78, 5) is 12.3. The Morgan fingerprint density at radius 3 is 3.00 bits per heavy atom. The summed E-state index contributed by atoms with van der Waals surface area (Å²) in [6.45, 7) is 3.18. The number of carbonyl (C=O) groups excluding carboxylic acids is 1. The molecule has 1 aliphatic heterocycles. The van der Waals surface area contributed by atoms with Crippen LogP contribution in [0.3, 0.4) is 0 Å². The molecule has 1 radical (unpaired) electrons. The zero-order valence-corrected chi connectivity index (χ0v) is 4.85. The van der Waals surface area contributed by atoms with Gasteiger partial charge in [-0.05, 0) is 0 Å². The van der Waals surface area contributed by atoms with Crippen molar-refractivity contribution in [1.82, 2.24) is 10.2 Å². The molecule has 0 saturated carbocycles. The molecule has 0 aromatic rings. The van der Waals surface area contributed by atoms with E-state index in [9.17, 15) is 4.79 Å². The predicted octanol–water partition coefficient (Wildman–Crippen LogP) is -0.790. The number of nitrogens with zero attached hydrogens (tertiary/aromatic N) is 1. The van der Waals surface area contributed by atoms with Crippen LogP contribution in [0.4, 0.5) is 0 Å². The highest BCUT2D eigenvalue weighted by molar-refractivity contribution is 5.84. The topological polar surface area (TPSA) is 32.3 Å². The van der Waals surface area contributed by atoms with E-state index in [1.807, 2.05) is 0 Å². The molecule has 1 saturated heterocycles. The van der Waals surface area contributed by atoms with Gasteiger partial charge in [-0.15, -0.1) is 0 Å². The second-order valence-electron chi connectivity index (χ2n) is 1.86. The van der Waals surface area contributed by atoms with E-state index in [1.165, 1.54) is 6.54 Å². The molecule has 1 rings (SSSR count). The number of amides is 1. The average molecular weight is 113 g/mol. The molecule has 0 atom stereocenters. The van der Waals surface area contributed by atoms with Crippen molar-refractivity contribution in [2.75, 3.05) is 20.1 Å². The SMILES string of the molecule is CN1CCN[CH]C1=O. The summed E-state index contributed by atoms with van der Waals surface area (Å²) in [5, 5.41) is 2.85. The van der Waals surface area contributed by atoms with E-state index in [4.69, 9.17) is 0 Å². The van der Waals surface area contributed by atoms with Gasteiger partial charge >= 0.3 is 0 Å². The summed E-state index contributed by atoms with van der Waals surface area (Å²) >= 11 is 0. The highest BCUT2D eigenvalue weighted by Gasteiger charge is 2.12. The second kappa shape index (κ2) is 2.13. The molecule has 1 N–H and O–H groups in total. The molecular weight excluding hydrogens is 104 g/mol. The van der Waals surface area contributed by atoms with Crippen molar-refractivity contribution in [1.29, 1.82) is 0 Å². The van der Waals surface area contributed by atoms with Crippen LogP contribution in [0, 0.1) is 6.54 Å². The molecular formula is C5H9N2O. The summed E-state index contributed by atoms with van der Waals surface area (Å²) in [7, 11) is 1.79.